The minimum absolute atomic E-state index is 0.287. The van der Waals surface area contributed by atoms with E-state index in [9.17, 15) is 0 Å². The fraction of sp³-hybridized carbons (Fsp3) is 0.636. The number of nitrogens with zero attached hydrogens (tertiary/aromatic N) is 1. The standard InChI is InChI=1S/C11H18N2/c1-3-13-8(2)7-9-10(12)5-4-6-11(9)13/h7,10H,3-6,12H2,1-2H3. The van der Waals surface area contributed by atoms with Crippen molar-refractivity contribution in [2.24, 2.45) is 5.73 Å². The number of hydrogen-bond acceptors (Lipinski definition) is 1. The average molecular weight is 178 g/mol. The molecule has 0 fully saturated rings. The van der Waals surface area contributed by atoms with Gasteiger partial charge in [-0.3, -0.25) is 0 Å². The van der Waals surface area contributed by atoms with Gasteiger partial charge in [0, 0.05) is 24.0 Å². The summed E-state index contributed by atoms with van der Waals surface area (Å²) in [6.45, 7) is 5.45. The van der Waals surface area contributed by atoms with Crippen molar-refractivity contribution < 1.29 is 0 Å². The molecule has 0 radical (unpaired) electrons. The van der Waals surface area contributed by atoms with Gasteiger partial charge in [0.2, 0.25) is 0 Å². The molecule has 72 valence electrons. The largest absolute Gasteiger partial charge is 0.349 e. The minimum Gasteiger partial charge on any atom is -0.349 e. The first-order valence-electron chi connectivity index (χ1n) is 5.18. The van der Waals surface area contributed by atoms with Gasteiger partial charge < -0.3 is 10.3 Å². The van der Waals surface area contributed by atoms with E-state index in [-0.39, 0.29) is 6.04 Å². The van der Waals surface area contributed by atoms with Crippen LogP contribution in [0.4, 0.5) is 0 Å². The summed E-state index contributed by atoms with van der Waals surface area (Å²) >= 11 is 0. The van der Waals surface area contributed by atoms with Crippen molar-refractivity contribution in [2.75, 3.05) is 0 Å². The first-order valence-corrected chi connectivity index (χ1v) is 5.18. The van der Waals surface area contributed by atoms with Crippen LogP contribution in [0.1, 0.15) is 42.8 Å². The van der Waals surface area contributed by atoms with E-state index in [2.05, 4.69) is 24.5 Å². The quantitative estimate of drug-likeness (QED) is 0.702. The van der Waals surface area contributed by atoms with Gasteiger partial charge in [-0.1, -0.05) is 0 Å². The highest BCUT2D eigenvalue weighted by Gasteiger charge is 2.20. The lowest BCUT2D eigenvalue weighted by Gasteiger charge is -2.20. The molecule has 0 saturated carbocycles. The molecule has 0 spiro atoms. The molecule has 13 heavy (non-hydrogen) atoms. The Morgan fingerprint density at radius 3 is 3.08 bits per heavy atom. The molecule has 0 aliphatic heterocycles. The summed E-state index contributed by atoms with van der Waals surface area (Å²) in [6.07, 6.45) is 3.61. The third-order valence-electron chi connectivity index (χ3n) is 3.09. The molecule has 0 amide bonds. The molecule has 1 atom stereocenters. The Bertz CT molecular complexity index is 312. The van der Waals surface area contributed by atoms with Gasteiger partial charge in [-0.15, -0.1) is 0 Å². The van der Waals surface area contributed by atoms with Crippen molar-refractivity contribution in [2.45, 2.75) is 45.7 Å². The molecule has 2 N–H and O–H groups in total. The van der Waals surface area contributed by atoms with Crippen LogP contribution in [0.5, 0.6) is 0 Å². The molecule has 2 nitrogen and oxygen atoms in total. The highest BCUT2D eigenvalue weighted by Crippen LogP contribution is 2.30. The molecule has 2 rings (SSSR count). The van der Waals surface area contributed by atoms with Crippen LogP contribution in [0.2, 0.25) is 0 Å². The molecule has 1 aromatic rings. The Labute approximate surface area is 79.7 Å². The maximum atomic E-state index is 6.07. The molecule has 1 unspecified atom stereocenters. The Hall–Kier alpha value is -0.760. The number of aromatic nitrogens is 1. The topological polar surface area (TPSA) is 30.9 Å². The third-order valence-corrected chi connectivity index (χ3v) is 3.09. The summed E-state index contributed by atoms with van der Waals surface area (Å²) in [4.78, 5) is 0. The van der Waals surface area contributed by atoms with E-state index >= 15 is 0 Å². The second-order valence-electron chi connectivity index (χ2n) is 3.93. The molecule has 2 heteroatoms. The van der Waals surface area contributed by atoms with Crippen molar-refractivity contribution in [3.05, 3.63) is 23.0 Å². The van der Waals surface area contributed by atoms with Gasteiger partial charge in [0.25, 0.3) is 0 Å². The third kappa shape index (κ3) is 1.29. The van der Waals surface area contributed by atoms with Crippen molar-refractivity contribution in [3.63, 3.8) is 0 Å². The number of fused-ring (bicyclic) bond motifs is 1. The van der Waals surface area contributed by atoms with Crippen LogP contribution >= 0.6 is 0 Å². The Morgan fingerprint density at radius 2 is 2.38 bits per heavy atom. The summed E-state index contributed by atoms with van der Waals surface area (Å²) in [5, 5.41) is 0. The van der Waals surface area contributed by atoms with Crippen LogP contribution in [-0.2, 0) is 13.0 Å². The molecular formula is C11H18N2. The zero-order valence-corrected chi connectivity index (χ0v) is 8.51. The number of aryl methyl sites for hydroxylation is 1. The fourth-order valence-electron chi connectivity index (χ4n) is 2.44. The van der Waals surface area contributed by atoms with E-state index in [4.69, 9.17) is 5.73 Å². The number of hydrogen-bond donors (Lipinski definition) is 1. The maximum absolute atomic E-state index is 6.07. The maximum Gasteiger partial charge on any atom is 0.0313 e. The predicted molar refractivity (Wildman–Crippen MR) is 54.7 cm³/mol. The van der Waals surface area contributed by atoms with Gasteiger partial charge in [0.05, 0.1) is 0 Å². The molecule has 1 aliphatic rings. The Morgan fingerprint density at radius 1 is 1.62 bits per heavy atom. The first-order chi connectivity index (χ1) is 6.24. The van der Waals surface area contributed by atoms with Crippen LogP contribution in [0, 0.1) is 6.92 Å². The van der Waals surface area contributed by atoms with E-state index in [1.165, 1.54) is 29.8 Å². The van der Waals surface area contributed by atoms with Gasteiger partial charge in [0.1, 0.15) is 0 Å². The highest BCUT2D eigenvalue weighted by atomic mass is 15.0. The van der Waals surface area contributed by atoms with Crippen molar-refractivity contribution in [3.8, 4) is 0 Å². The number of rotatable bonds is 1. The van der Waals surface area contributed by atoms with Gasteiger partial charge in [-0.05, 0) is 44.7 Å². The second-order valence-corrected chi connectivity index (χ2v) is 3.93. The SMILES string of the molecule is CCn1c(C)cc2c1CCCC2N. The van der Waals surface area contributed by atoms with Crippen LogP contribution in [-0.4, -0.2) is 4.57 Å². The van der Waals surface area contributed by atoms with Crippen LogP contribution in [0.25, 0.3) is 0 Å². The van der Waals surface area contributed by atoms with E-state index < -0.39 is 0 Å². The predicted octanol–water partition coefficient (Wildman–Crippen LogP) is 2.15. The summed E-state index contributed by atoms with van der Waals surface area (Å²) in [5.41, 5.74) is 10.3. The van der Waals surface area contributed by atoms with Crippen LogP contribution in [0.3, 0.4) is 0 Å². The van der Waals surface area contributed by atoms with Gasteiger partial charge in [0.15, 0.2) is 0 Å². The van der Waals surface area contributed by atoms with Gasteiger partial charge in [-0.25, -0.2) is 0 Å². The zero-order valence-electron chi connectivity index (χ0n) is 8.51. The minimum atomic E-state index is 0.287. The van der Waals surface area contributed by atoms with E-state index in [1.807, 2.05) is 0 Å². The average Bonchev–Trinajstić information content (AvgIpc) is 2.43. The van der Waals surface area contributed by atoms with Crippen molar-refractivity contribution >= 4 is 0 Å². The first kappa shape index (κ1) is 8.82. The normalized spacial score (nSPS) is 21.6. The molecule has 0 bridgehead atoms. The summed E-state index contributed by atoms with van der Waals surface area (Å²) in [5.74, 6) is 0. The van der Waals surface area contributed by atoms with E-state index in [0.29, 0.717) is 0 Å². The number of nitrogens with two attached hydrogens (primary N) is 1. The summed E-state index contributed by atoms with van der Waals surface area (Å²) < 4.78 is 2.40. The van der Waals surface area contributed by atoms with Gasteiger partial charge in [-0.2, -0.15) is 0 Å². The smallest absolute Gasteiger partial charge is 0.0313 e. The van der Waals surface area contributed by atoms with E-state index in [0.717, 1.165) is 13.0 Å². The monoisotopic (exact) mass is 178 g/mol. The molecule has 1 heterocycles. The molecule has 0 aromatic carbocycles. The van der Waals surface area contributed by atoms with Crippen LogP contribution in [0.15, 0.2) is 6.07 Å². The second kappa shape index (κ2) is 3.18. The summed E-state index contributed by atoms with van der Waals surface area (Å²) in [6, 6.07) is 2.55. The molecule has 0 saturated heterocycles. The summed E-state index contributed by atoms with van der Waals surface area (Å²) in [7, 11) is 0. The van der Waals surface area contributed by atoms with Gasteiger partial charge >= 0.3 is 0 Å². The lowest BCUT2D eigenvalue weighted by atomic mass is 9.93. The lowest BCUT2D eigenvalue weighted by Crippen LogP contribution is -2.18. The van der Waals surface area contributed by atoms with Crippen molar-refractivity contribution in [1.82, 2.24) is 4.57 Å². The molecule has 1 aromatic heterocycles. The zero-order chi connectivity index (χ0) is 9.42. The molecule has 1 aliphatic carbocycles. The van der Waals surface area contributed by atoms with Crippen LogP contribution < -0.4 is 5.73 Å². The molecular weight excluding hydrogens is 160 g/mol. The van der Waals surface area contributed by atoms with Crippen molar-refractivity contribution in [1.29, 1.82) is 0 Å². The highest BCUT2D eigenvalue weighted by molar-refractivity contribution is 5.32. The fourth-order valence-corrected chi connectivity index (χ4v) is 2.44. The van der Waals surface area contributed by atoms with E-state index in [1.54, 1.807) is 0 Å². The lowest BCUT2D eigenvalue weighted by molar-refractivity contribution is 0.543. The Balaban J connectivity index is 2.50. The Kier molecular flexibility index (Phi) is 2.16.